The highest BCUT2D eigenvalue weighted by atomic mass is 16.5. The van der Waals surface area contributed by atoms with Crippen molar-refractivity contribution in [2.75, 3.05) is 0 Å². The molecule has 122 valence electrons. The van der Waals surface area contributed by atoms with Crippen molar-refractivity contribution in [2.24, 2.45) is 0 Å². The maximum atomic E-state index is 12.5. The number of amides is 1. The molecule has 6 heteroatoms. The molecule has 6 nitrogen and oxygen atoms in total. The van der Waals surface area contributed by atoms with Gasteiger partial charge in [-0.25, -0.2) is 0 Å². The van der Waals surface area contributed by atoms with Gasteiger partial charge < -0.3 is 9.84 Å². The minimum atomic E-state index is -0.180. The van der Waals surface area contributed by atoms with Crippen molar-refractivity contribution >= 4 is 16.7 Å². The normalized spacial score (nSPS) is 10.7. The van der Waals surface area contributed by atoms with Gasteiger partial charge in [-0.3, -0.25) is 9.78 Å². The van der Waals surface area contributed by atoms with E-state index >= 15 is 0 Å². The highest BCUT2D eigenvalue weighted by Gasteiger charge is 2.12. The van der Waals surface area contributed by atoms with Gasteiger partial charge in [0.15, 0.2) is 0 Å². The van der Waals surface area contributed by atoms with Gasteiger partial charge in [0, 0.05) is 23.5 Å². The van der Waals surface area contributed by atoms with Crippen LogP contribution in [0.1, 0.15) is 16.2 Å². The summed E-state index contributed by atoms with van der Waals surface area (Å²) in [6.45, 7) is 0.167. The Labute approximate surface area is 143 Å². The smallest absolute Gasteiger partial charge is 0.252 e. The Bertz CT molecular complexity index is 1020. The van der Waals surface area contributed by atoms with Crippen molar-refractivity contribution in [3.05, 3.63) is 78.4 Å². The van der Waals surface area contributed by atoms with E-state index in [9.17, 15) is 4.79 Å². The largest absolute Gasteiger partial charge is 0.343 e. The Balaban J connectivity index is 1.50. The average molecular weight is 330 g/mol. The molecule has 0 aliphatic heterocycles. The van der Waals surface area contributed by atoms with Crippen molar-refractivity contribution in [3.63, 3.8) is 0 Å². The van der Waals surface area contributed by atoms with Crippen molar-refractivity contribution < 1.29 is 9.32 Å². The van der Waals surface area contributed by atoms with Gasteiger partial charge >= 0.3 is 0 Å². The number of fused-ring (bicyclic) bond motifs is 1. The third-order valence-corrected chi connectivity index (χ3v) is 3.84. The van der Waals surface area contributed by atoms with E-state index in [0.29, 0.717) is 17.3 Å². The standard InChI is InChI=1S/C19H14N4O2/c24-19(16-7-3-5-13-4-1-2-6-15(13)16)21-12-17-22-18(23-25-17)14-8-10-20-11-9-14/h1-11H,12H2,(H,21,24). The number of carbonyl (C=O) groups excluding carboxylic acids is 1. The Morgan fingerprint density at radius 2 is 1.80 bits per heavy atom. The van der Waals surface area contributed by atoms with Gasteiger partial charge in [0.25, 0.3) is 5.91 Å². The number of hydrogen-bond donors (Lipinski definition) is 1. The van der Waals surface area contributed by atoms with Crippen LogP contribution >= 0.6 is 0 Å². The van der Waals surface area contributed by atoms with Gasteiger partial charge in [-0.2, -0.15) is 4.98 Å². The maximum absolute atomic E-state index is 12.5. The molecule has 0 saturated carbocycles. The zero-order valence-electron chi connectivity index (χ0n) is 13.2. The number of carbonyl (C=O) groups is 1. The number of nitrogens with zero attached hydrogens (tertiary/aromatic N) is 3. The van der Waals surface area contributed by atoms with Crippen LogP contribution < -0.4 is 5.32 Å². The fourth-order valence-electron chi connectivity index (χ4n) is 2.62. The fraction of sp³-hybridized carbons (Fsp3) is 0.0526. The number of rotatable bonds is 4. The Hall–Kier alpha value is -3.54. The van der Waals surface area contributed by atoms with Crippen LogP contribution in [0.3, 0.4) is 0 Å². The van der Waals surface area contributed by atoms with Gasteiger partial charge in [0.2, 0.25) is 11.7 Å². The SMILES string of the molecule is O=C(NCc1nc(-c2ccncc2)no1)c1cccc2ccccc12. The quantitative estimate of drug-likeness (QED) is 0.621. The number of pyridine rings is 1. The van der Waals surface area contributed by atoms with Crippen LogP contribution in [0.15, 0.2) is 71.5 Å². The van der Waals surface area contributed by atoms with Crippen LogP contribution in [0.4, 0.5) is 0 Å². The zero-order valence-corrected chi connectivity index (χ0v) is 13.2. The molecule has 1 amide bonds. The predicted octanol–water partition coefficient (Wildman–Crippen LogP) is 3.21. The first-order chi connectivity index (χ1) is 12.3. The van der Waals surface area contributed by atoms with Gasteiger partial charge in [0.05, 0.1) is 6.54 Å². The summed E-state index contributed by atoms with van der Waals surface area (Å²) in [5.41, 5.74) is 1.43. The minimum Gasteiger partial charge on any atom is -0.343 e. The summed E-state index contributed by atoms with van der Waals surface area (Å²) in [6.07, 6.45) is 3.32. The van der Waals surface area contributed by atoms with E-state index in [0.717, 1.165) is 16.3 Å². The molecule has 0 fully saturated rings. The molecule has 0 saturated heterocycles. The number of hydrogen-bond acceptors (Lipinski definition) is 5. The van der Waals surface area contributed by atoms with E-state index in [4.69, 9.17) is 4.52 Å². The summed E-state index contributed by atoms with van der Waals surface area (Å²) in [5, 5.41) is 8.68. The van der Waals surface area contributed by atoms with Crippen LogP contribution in [0.25, 0.3) is 22.2 Å². The molecular weight excluding hydrogens is 316 g/mol. The molecule has 25 heavy (non-hydrogen) atoms. The third kappa shape index (κ3) is 3.10. The molecule has 0 atom stereocenters. The summed E-state index contributed by atoms with van der Waals surface area (Å²) in [5.74, 6) is 0.637. The first kappa shape index (κ1) is 15.0. The molecule has 2 aromatic heterocycles. The summed E-state index contributed by atoms with van der Waals surface area (Å²) in [4.78, 5) is 20.7. The summed E-state index contributed by atoms with van der Waals surface area (Å²) in [6, 6.07) is 17.0. The van der Waals surface area contributed by atoms with Gasteiger partial charge in [-0.15, -0.1) is 0 Å². The molecule has 2 aromatic carbocycles. The van der Waals surface area contributed by atoms with Crippen LogP contribution in [-0.4, -0.2) is 21.0 Å². The zero-order chi connectivity index (χ0) is 17.1. The van der Waals surface area contributed by atoms with Crippen LogP contribution in [0.2, 0.25) is 0 Å². The first-order valence-electron chi connectivity index (χ1n) is 7.80. The molecule has 4 aromatic rings. The van der Waals surface area contributed by atoms with E-state index in [1.165, 1.54) is 0 Å². The molecule has 0 bridgehead atoms. The van der Waals surface area contributed by atoms with Gasteiger partial charge in [0.1, 0.15) is 0 Å². The summed E-state index contributed by atoms with van der Waals surface area (Å²) >= 11 is 0. The maximum Gasteiger partial charge on any atom is 0.252 e. The van der Waals surface area contributed by atoms with Crippen LogP contribution in [-0.2, 0) is 6.54 Å². The third-order valence-electron chi connectivity index (χ3n) is 3.84. The van der Waals surface area contributed by atoms with Crippen molar-refractivity contribution in [1.29, 1.82) is 0 Å². The summed E-state index contributed by atoms with van der Waals surface area (Å²) in [7, 11) is 0. The molecule has 2 heterocycles. The van der Waals surface area contributed by atoms with Crippen molar-refractivity contribution in [3.8, 4) is 11.4 Å². The minimum absolute atomic E-state index is 0.167. The van der Waals surface area contributed by atoms with E-state index in [1.807, 2.05) is 36.4 Å². The summed E-state index contributed by atoms with van der Waals surface area (Å²) < 4.78 is 5.20. The second kappa shape index (κ2) is 6.52. The molecule has 1 N–H and O–H groups in total. The Morgan fingerprint density at radius 1 is 1.00 bits per heavy atom. The fourth-order valence-corrected chi connectivity index (χ4v) is 2.62. The Kier molecular flexibility index (Phi) is 3.92. The lowest BCUT2D eigenvalue weighted by Crippen LogP contribution is -2.23. The molecule has 0 spiro atoms. The van der Waals surface area contributed by atoms with Gasteiger partial charge in [-0.1, -0.05) is 41.6 Å². The number of benzene rings is 2. The second-order valence-corrected chi connectivity index (χ2v) is 5.46. The number of nitrogens with one attached hydrogen (secondary N) is 1. The van der Waals surface area contributed by atoms with Crippen LogP contribution in [0.5, 0.6) is 0 Å². The second-order valence-electron chi connectivity index (χ2n) is 5.46. The molecule has 0 unspecified atom stereocenters. The molecular formula is C19H14N4O2. The topological polar surface area (TPSA) is 80.9 Å². The lowest BCUT2D eigenvalue weighted by atomic mass is 10.0. The highest BCUT2D eigenvalue weighted by Crippen LogP contribution is 2.18. The first-order valence-corrected chi connectivity index (χ1v) is 7.80. The molecule has 0 radical (unpaired) electrons. The van der Waals surface area contributed by atoms with Gasteiger partial charge in [-0.05, 0) is 29.0 Å². The average Bonchev–Trinajstić information content (AvgIpc) is 3.15. The highest BCUT2D eigenvalue weighted by molar-refractivity contribution is 6.06. The van der Waals surface area contributed by atoms with Crippen LogP contribution in [0, 0.1) is 0 Å². The van der Waals surface area contributed by atoms with E-state index < -0.39 is 0 Å². The van der Waals surface area contributed by atoms with E-state index in [-0.39, 0.29) is 12.5 Å². The Morgan fingerprint density at radius 3 is 2.68 bits per heavy atom. The predicted molar refractivity (Wildman–Crippen MR) is 92.6 cm³/mol. The molecule has 0 aliphatic carbocycles. The number of aromatic nitrogens is 3. The molecule has 4 rings (SSSR count). The lowest BCUT2D eigenvalue weighted by Gasteiger charge is -2.06. The monoisotopic (exact) mass is 330 g/mol. The van der Waals surface area contributed by atoms with Crippen molar-refractivity contribution in [2.45, 2.75) is 6.54 Å². The lowest BCUT2D eigenvalue weighted by molar-refractivity contribution is 0.0948. The molecule has 0 aliphatic rings. The van der Waals surface area contributed by atoms with Crippen molar-refractivity contribution in [1.82, 2.24) is 20.4 Å². The van der Waals surface area contributed by atoms with E-state index in [1.54, 1.807) is 30.6 Å². The van der Waals surface area contributed by atoms with E-state index in [2.05, 4.69) is 20.4 Å².